The molecular weight excluding hydrogens is 194 g/mol. The summed E-state index contributed by atoms with van der Waals surface area (Å²) in [7, 11) is 0. The minimum Gasteiger partial charge on any atom is -0.328 e. The predicted molar refractivity (Wildman–Crippen MR) is 72.4 cm³/mol. The van der Waals surface area contributed by atoms with Crippen molar-refractivity contribution in [2.24, 2.45) is 23.0 Å². The highest BCUT2D eigenvalue weighted by Gasteiger charge is 2.30. The van der Waals surface area contributed by atoms with Crippen molar-refractivity contribution in [3.05, 3.63) is 0 Å². The molecule has 0 bridgehead atoms. The van der Waals surface area contributed by atoms with E-state index in [9.17, 15) is 0 Å². The highest BCUT2D eigenvalue weighted by Crippen LogP contribution is 2.40. The third-order valence-corrected chi connectivity index (χ3v) is 5.05. The molecule has 2 N–H and O–H groups in total. The zero-order chi connectivity index (χ0) is 12.2. The van der Waals surface area contributed by atoms with Gasteiger partial charge in [-0.05, 0) is 49.9 Å². The molecule has 0 heterocycles. The van der Waals surface area contributed by atoms with Crippen LogP contribution in [-0.2, 0) is 0 Å². The van der Waals surface area contributed by atoms with Crippen LogP contribution >= 0.6 is 0 Å². The van der Waals surface area contributed by atoms with Gasteiger partial charge in [0.15, 0.2) is 0 Å². The van der Waals surface area contributed by atoms with Crippen LogP contribution in [0.2, 0.25) is 0 Å². The van der Waals surface area contributed by atoms with E-state index in [4.69, 9.17) is 5.73 Å². The van der Waals surface area contributed by atoms with Gasteiger partial charge < -0.3 is 5.73 Å². The van der Waals surface area contributed by atoms with E-state index in [0.29, 0.717) is 11.5 Å². The lowest BCUT2D eigenvalue weighted by Crippen LogP contribution is -2.29. The van der Waals surface area contributed by atoms with Crippen LogP contribution in [0.4, 0.5) is 0 Å². The van der Waals surface area contributed by atoms with Gasteiger partial charge in [-0.1, -0.05) is 40.0 Å². The van der Waals surface area contributed by atoms with Crippen LogP contribution in [0, 0.1) is 17.3 Å². The van der Waals surface area contributed by atoms with Gasteiger partial charge in [0.2, 0.25) is 0 Å². The molecule has 1 heteroatoms. The van der Waals surface area contributed by atoms with Gasteiger partial charge in [-0.25, -0.2) is 0 Å². The van der Waals surface area contributed by atoms with Crippen molar-refractivity contribution in [1.29, 1.82) is 0 Å². The van der Waals surface area contributed by atoms with Crippen molar-refractivity contribution >= 4 is 0 Å². The van der Waals surface area contributed by atoms with Gasteiger partial charge in [0.1, 0.15) is 0 Å². The number of nitrogens with two attached hydrogens (primary N) is 1. The second-order valence-electron chi connectivity index (χ2n) is 6.57. The van der Waals surface area contributed by atoms with Gasteiger partial charge in [0, 0.05) is 6.04 Å². The first-order valence-corrected chi connectivity index (χ1v) is 7.21. The van der Waals surface area contributed by atoms with E-state index in [1.807, 2.05) is 0 Å². The Hall–Kier alpha value is -0.0400. The Labute approximate surface area is 102 Å². The largest absolute Gasteiger partial charge is 0.328 e. The maximum Gasteiger partial charge on any atom is 0.00387 e. The lowest BCUT2D eigenvalue weighted by Gasteiger charge is -2.35. The molecule has 0 aromatic carbocycles. The number of hydrogen-bond acceptors (Lipinski definition) is 1. The molecule has 1 nitrogen and oxygen atoms in total. The van der Waals surface area contributed by atoms with E-state index in [0.717, 1.165) is 11.8 Å². The van der Waals surface area contributed by atoms with Crippen LogP contribution < -0.4 is 5.73 Å². The summed E-state index contributed by atoms with van der Waals surface area (Å²) in [6.07, 6.45) is 9.69. The molecule has 96 valence electrons. The second kappa shape index (κ2) is 6.05. The van der Waals surface area contributed by atoms with E-state index in [-0.39, 0.29) is 0 Å². The fourth-order valence-electron chi connectivity index (χ4n) is 3.00. The third-order valence-electron chi connectivity index (χ3n) is 5.05. The Morgan fingerprint density at radius 3 is 2.25 bits per heavy atom. The topological polar surface area (TPSA) is 26.0 Å². The normalized spacial score (nSPS) is 35.2. The van der Waals surface area contributed by atoms with Gasteiger partial charge >= 0.3 is 0 Å². The summed E-state index contributed by atoms with van der Waals surface area (Å²) >= 11 is 0. The van der Waals surface area contributed by atoms with Gasteiger partial charge in [0.25, 0.3) is 0 Å². The highest BCUT2D eigenvalue weighted by molar-refractivity contribution is 4.82. The Bertz CT molecular complexity index is 198. The molecule has 0 amide bonds. The Balaban J connectivity index is 2.63. The molecule has 16 heavy (non-hydrogen) atoms. The van der Waals surface area contributed by atoms with Crippen molar-refractivity contribution in [1.82, 2.24) is 0 Å². The molecule has 1 aliphatic carbocycles. The molecule has 1 rings (SSSR count). The van der Waals surface area contributed by atoms with Gasteiger partial charge in [-0.15, -0.1) is 0 Å². The van der Waals surface area contributed by atoms with Crippen molar-refractivity contribution in [2.45, 2.75) is 78.7 Å². The molecular formula is C15H31N. The van der Waals surface area contributed by atoms with Gasteiger partial charge in [-0.2, -0.15) is 0 Å². The molecule has 0 aliphatic heterocycles. The lowest BCUT2D eigenvalue weighted by atomic mass is 9.71. The molecule has 0 spiro atoms. The number of hydrogen-bond donors (Lipinski definition) is 1. The van der Waals surface area contributed by atoms with Crippen LogP contribution in [0.15, 0.2) is 0 Å². The summed E-state index contributed by atoms with van der Waals surface area (Å²) in [6, 6.07) is 0.384. The highest BCUT2D eigenvalue weighted by atomic mass is 14.6. The average Bonchev–Trinajstić information content (AvgIpc) is 2.29. The molecule has 0 aromatic heterocycles. The van der Waals surface area contributed by atoms with Crippen molar-refractivity contribution in [2.75, 3.05) is 0 Å². The van der Waals surface area contributed by atoms with Gasteiger partial charge in [-0.3, -0.25) is 0 Å². The monoisotopic (exact) mass is 225 g/mol. The fourth-order valence-corrected chi connectivity index (χ4v) is 3.00. The van der Waals surface area contributed by atoms with E-state index < -0.39 is 0 Å². The first-order chi connectivity index (χ1) is 7.46. The zero-order valence-electron chi connectivity index (χ0n) is 11.8. The van der Waals surface area contributed by atoms with Crippen LogP contribution in [0.5, 0.6) is 0 Å². The first-order valence-electron chi connectivity index (χ1n) is 7.21. The summed E-state index contributed by atoms with van der Waals surface area (Å²) in [5.41, 5.74) is 6.66. The molecule has 0 saturated heterocycles. The molecule has 3 unspecified atom stereocenters. The minimum atomic E-state index is 0.384. The molecule has 1 aliphatic rings. The fraction of sp³-hybridized carbons (Fsp3) is 1.00. The summed E-state index contributed by atoms with van der Waals surface area (Å²) in [4.78, 5) is 0. The Morgan fingerprint density at radius 2 is 1.69 bits per heavy atom. The lowest BCUT2D eigenvalue weighted by molar-refractivity contribution is 0.162. The summed E-state index contributed by atoms with van der Waals surface area (Å²) < 4.78 is 0. The summed E-state index contributed by atoms with van der Waals surface area (Å²) in [5.74, 6) is 1.57. The van der Waals surface area contributed by atoms with E-state index in [1.165, 1.54) is 44.9 Å². The van der Waals surface area contributed by atoms with Crippen LogP contribution in [0.25, 0.3) is 0 Å². The Kier molecular flexibility index (Phi) is 5.30. The smallest absolute Gasteiger partial charge is 0.00387 e. The maximum atomic E-state index is 6.10. The molecule has 1 fully saturated rings. The van der Waals surface area contributed by atoms with E-state index >= 15 is 0 Å². The van der Waals surface area contributed by atoms with Crippen molar-refractivity contribution < 1.29 is 0 Å². The van der Waals surface area contributed by atoms with Gasteiger partial charge in [0.05, 0.1) is 0 Å². The molecule has 3 atom stereocenters. The predicted octanol–water partition coefficient (Wildman–Crippen LogP) is 4.36. The molecule has 0 aromatic rings. The quantitative estimate of drug-likeness (QED) is 0.742. The summed E-state index contributed by atoms with van der Waals surface area (Å²) in [6.45, 7) is 9.45. The van der Waals surface area contributed by atoms with E-state index in [1.54, 1.807) is 0 Å². The van der Waals surface area contributed by atoms with Crippen LogP contribution in [-0.4, -0.2) is 6.04 Å². The number of rotatable bonds is 2. The van der Waals surface area contributed by atoms with Crippen molar-refractivity contribution in [3.8, 4) is 0 Å². The summed E-state index contributed by atoms with van der Waals surface area (Å²) in [5, 5.41) is 0. The zero-order valence-corrected chi connectivity index (χ0v) is 11.8. The van der Waals surface area contributed by atoms with Crippen LogP contribution in [0.1, 0.15) is 72.6 Å². The Morgan fingerprint density at radius 1 is 1.00 bits per heavy atom. The van der Waals surface area contributed by atoms with E-state index in [2.05, 4.69) is 27.7 Å². The molecule has 0 radical (unpaired) electrons. The SMILES string of the molecule is CC(N)C1CCCCCC(C)(C(C)C)CC1. The third kappa shape index (κ3) is 3.76. The first kappa shape index (κ1) is 14.0. The maximum absolute atomic E-state index is 6.10. The molecule has 1 saturated carbocycles. The standard InChI is InChI=1S/C15H31N/c1-12(2)15(4)10-7-5-6-8-14(9-11-15)13(3)16/h12-14H,5-11,16H2,1-4H3. The minimum absolute atomic E-state index is 0.384. The average molecular weight is 225 g/mol. The van der Waals surface area contributed by atoms with Crippen LogP contribution in [0.3, 0.4) is 0 Å². The second-order valence-corrected chi connectivity index (χ2v) is 6.57. The van der Waals surface area contributed by atoms with Crippen molar-refractivity contribution in [3.63, 3.8) is 0 Å².